The summed E-state index contributed by atoms with van der Waals surface area (Å²) in [4.78, 5) is 11.1. The molecule has 2 rings (SSSR count). The average Bonchev–Trinajstić information content (AvgIpc) is 2.84. The molecule has 1 saturated carbocycles. The zero-order valence-electron chi connectivity index (χ0n) is 12.3. The fraction of sp³-hybridized carbons (Fsp3) is 0.533. The Labute approximate surface area is 125 Å². The van der Waals surface area contributed by atoms with E-state index in [9.17, 15) is 13.2 Å². The Bertz CT molecular complexity index is 646. The molecule has 0 unspecified atom stereocenters. The van der Waals surface area contributed by atoms with Crippen LogP contribution in [0.5, 0.6) is 0 Å². The minimum atomic E-state index is -3.67. The van der Waals surface area contributed by atoms with Crippen LogP contribution in [0, 0.1) is 12.3 Å². The number of hydrogen-bond donors (Lipinski definition) is 2. The first-order chi connectivity index (χ1) is 9.73. The molecule has 0 heterocycles. The lowest BCUT2D eigenvalue weighted by atomic mass is 9.89. The van der Waals surface area contributed by atoms with Gasteiger partial charge in [-0.3, -0.25) is 0 Å². The van der Waals surface area contributed by atoms with Crippen molar-refractivity contribution in [1.82, 2.24) is 4.72 Å². The van der Waals surface area contributed by atoms with Gasteiger partial charge in [0.2, 0.25) is 10.0 Å². The van der Waals surface area contributed by atoms with Crippen molar-refractivity contribution in [1.29, 1.82) is 0 Å². The first-order valence-corrected chi connectivity index (χ1v) is 8.55. The van der Waals surface area contributed by atoms with E-state index in [4.69, 9.17) is 5.11 Å². The Balaban J connectivity index is 2.19. The Morgan fingerprint density at radius 1 is 1.33 bits per heavy atom. The first kappa shape index (κ1) is 16.0. The molecule has 1 aromatic carbocycles. The Morgan fingerprint density at radius 2 is 1.95 bits per heavy atom. The lowest BCUT2D eigenvalue weighted by Gasteiger charge is -2.23. The summed E-state index contributed by atoms with van der Waals surface area (Å²) in [5.74, 6) is -1.12. The van der Waals surface area contributed by atoms with Crippen LogP contribution in [0.25, 0.3) is 0 Å². The Kier molecular flexibility index (Phi) is 4.39. The molecule has 2 N–H and O–H groups in total. The van der Waals surface area contributed by atoms with E-state index < -0.39 is 16.0 Å². The second-order valence-corrected chi connectivity index (χ2v) is 7.89. The van der Waals surface area contributed by atoms with Gasteiger partial charge in [0.1, 0.15) is 0 Å². The number of hydrogen-bond acceptors (Lipinski definition) is 3. The van der Waals surface area contributed by atoms with Gasteiger partial charge in [-0.1, -0.05) is 25.8 Å². The second kappa shape index (κ2) is 5.77. The quantitative estimate of drug-likeness (QED) is 0.875. The molecular weight excluding hydrogens is 290 g/mol. The summed E-state index contributed by atoms with van der Waals surface area (Å²) in [6, 6.07) is 4.19. The highest BCUT2D eigenvalue weighted by atomic mass is 32.2. The molecule has 0 aliphatic heterocycles. The Hall–Kier alpha value is -1.40. The van der Waals surface area contributed by atoms with E-state index in [1.807, 2.05) is 0 Å². The summed E-state index contributed by atoms with van der Waals surface area (Å²) in [7, 11) is -3.67. The molecule has 5 nitrogen and oxygen atoms in total. The number of carbonyl (C=O) groups is 1. The second-order valence-electron chi connectivity index (χ2n) is 6.12. The molecule has 0 saturated heterocycles. The zero-order chi connectivity index (χ0) is 15.7. The highest BCUT2D eigenvalue weighted by Gasteiger charge is 2.30. The van der Waals surface area contributed by atoms with Crippen LogP contribution in [0.3, 0.4) is 0 Å². The molecule has 0 radical (unpaired) electrons. The van der Waals surface area contributed by atoms with E-state index in [1.54, 1.807) is 6.92 Å². The van der Waals surface area contributed by atoms with Gasteiger partial charge in [-0.15, -0.1) is 0 Å². The van der Waals surface area contributed by atoms with Gasteiger partial charge in [0, 0.05) is 6.54 Å². The van der Waals surface area contributed by atoms with Crippen molar-refractivity contribution in [3.8, 4) is 0 Å². The molecule has 6 heteroatoms. The van der Waals surface area contributed by atoms with Crippen molar-refractivity contribution in [3.05, 3.63) is 29.3 Å². The van der Waals surface area contributed by atoms with Gasteiger partial charge in [-0.2, -0.15) is 0 Å². The average molecular weight is 311 g/mol. The number of sulfonamides is 1. The number of aromatic carboxylic acids is 1. The lowest BCUT2D eigenvalue weighted by Crippen LogP contribution is -2.34. The number of benzene rings is 1. The summed E-state index contributed by atoms with van der Waals surface area (Å²) < 4.78 is 27.2. The van der Waals surface area contributed by atoms with Crippen molar-refractivity contribution >= 4 is 16.0 Å². The van der Waals surface area contributed by atoms with E-state index in [2.05, 4.69) is 11.6 Å². The molecule has 1 fully saturated rings. The van der Waals surface area contributed by atoms with Gasteiger partial charge >= 0.3 is 5.97 Å². The largest absolute Gasteiger partial charge is 0.478 e. The fourth-order valence-corrected chi connectivity index (χ4v) is 3.98. The third-order valence-corrected chi connectivity index (χ3v) is 5.65. The lowest BCUT2D eigenvalue weighted by molar-refractivity contribution is 0.0696. The molecule has 0 spiro atoms. The molecular formula is C15H21NO4S. The third kappa shape index (κ3) is 3.63. The van der Waals surface area contributed by atoms with Crippen molar-refractivity contribution in [3.63, 3.8) is 0 Å². The third-order valence-electron chi connectivity index (χ3n) is 4.25. The van der Waals surface area contributed by atoms with Crippen LogP contribution in [-0.4, -0.2) is 26.0 Å². The summed E-state index contributed by atoms with van der Waals surface area (Å²) >= 11 is 0. The topological polar surface area (TPSA) is 83.5 Å². The predicted octanol–water partition coefficient (Wildman–Crippen LogP) is 2.55. The Morgan fingerprint density at radius 3 is 2.52 bits per heavy atom. The van der Waals surface area contributed by atoms with E-state index in [0.29, 0.717) is 12.1 Å². The molecule has 0 aromatic heterocycles. The molecule has 1 aliphatic carbocycles. The minimum Gasteiger partial charge on any atom is -0.478 e. The minimum absolute atomic E-state index is 0.00657. The highest BCUT2D eigenvalue weighted by molar-refractivity contribution is 7.89. The van der Waals surface area contributed by atoms with Crippen LogP contribution in [0.15, 0.2) is 23.1 Å². The van der Waals surface area contributed by atoms with Crippen LogP contribution in [0.4, 0.5) is 0 Å². The van der Waals surface area contributed by atoms with E-state index in [-0.39, 0.29) is 15.9 Å². The van der Waals surface area contributed by atoms with Gasteiger partial charge in [-0.05, 0) is 42.9 Å². The van der Waals surface area contributed by atoms with E-state index in [0.717, 1.165) is 25.7 Å². The SMILES string of the molecule is Cc1ccc(S(=O)(=O)NCC2(C)CCCC2)cc1C(=O)O. The molecule has 0 atom stereocenters. The molecule has 1 aliphatic rings. The molecule has 0 amide bonds. The maximum Gasteiger partial charge on any atom is 0.335 e. The number of carboxylic acids is 1. The number of aryl methyl sites for hydroxylation is 1. The zero-order valence-corrected chi connectivity index (χ0v) is 13.2. The van der Waals surface area contributed by atoms with Gasteiger partial charge in [0.15, 0.2) is 0 Å². The maximum atomic E-state index is 12.3. The van der Waals surface area contributed by atoms with E-state index in [1.165, 1.54) is 18.2 Å². The molecule has 21 heavy (non-hydrogen) atoms. The molecule has 116 valence electrons. The summed E-state index contributed by atoms with van der Waals surface area (Å²) in [5.41, 5.74) is 0.571. The molecule has 0 bridgehead atoms. The highest BCUT2D eigenvalue weighted by Crippen LogP contribution is 2.37. The number of carboxylic acid groups (broad SMARTS) is 1. The van der Waals surface area contributed by atoms with Crippen molar-refractivity contribution in [2.75, 3.05) is 6.54 Å². The molecule has 1 aromatic rings. The van der Waals surface area contributed by atoms with Gasteiger partial charge in [0.25, 0.3) is 0 Å². The summed E-state index contributed by atoms with van der Waals surface area (Å²) in [6.07, 6.45) is 4.30. The fourth-order valence-electron chi connectivity index (χ4n) is 2.76. The van der Waals surface area contributed by atoms with Crippen LogP contribution < -0.4 is 4.72 Å². The van der Waals surface area contributed by atoms with Gasteiger partial charge in [0.05, 0.1) is 10.5 Å². The van der Waals surface area contributed by atoms with Crippen LogP contribution in [0.2, 0.25) is 0 Å². The van der Waals surface area contributed by atoms with Gasteiger partial charge in [-0.25, -0.2) is 17.9 Å². The van der Waals surface area contributed by atoms with Crippen LogP contribution in [-0.2, 0) is 10.0 Å². The number of nitrogens with one attached hydrogen (secondary N) is 1. The van der Waals surface area contributed by atoms with Crippen LogP contribution in [0.1, 0.15) is 48.5 Å². The van der Waals surface area contributed by atoms with E-state index >= 15 is 0 Å². The predicted molar refractivity (Wildman–Crippen MR) is 79.9 cm³/mol. The standard InChI is InChI=1S/C15H21NO4S/c1-11-5-6-12(9-13(11)14(17)18)21(19,20)16-10-15(2)7-3-4-8-15/h5-6,9,16H,3-4,7-8,10H2,1-2H3,(H,17,18). The monoisotopic (exact) mass is 311 g/mol. The van der Waals surface area contributed by atoms with Crippen molar-refractivity contribution < 1.29 is 18.3 Å². The van der Waals surface area contributed by atoms with Crippen molar-refractivity contribution in [2.24, 2.45) is 5.41 Å². The summed E-state index contributed by atoms with van der Waals surface area (Å²) in [6.45, 7) is 4.12. The number of rotatable bonds is 5. The maximum absolute atomic E-state index is 12.3. The first-order valence-electron chi connectivity index (χ1n) is 7.07. The smallest absolute Gasteiger partial charge is 0.335 e. The van der Waals surface area contributed by atoms with Gasteiger partial charge < -0.3 is 5.11 Å². The summed E-state index contributed by atoms with van der Waals surface area (Å²) in [5, 5.41) is 9.08. The normalized spacial score (nSPS) is 17.8. The van der Waals surface area contributed by atoms with Crippen LogP contribution >= 0.6 is 0 Å². The van der Waals surface area contributed by atoms with Crippen molar-refractivity contribution in [2.45, 2.75) is 44.4 Å².